The Balaban J connectivity index is 1.45. The van der Waals surface area contributed by atoms with E-state index in [1.807, 2.05) is 102 Å². The fraction of sp³-hybridized carbons (Fsp3) is 0.0714. The maximum atomic E-state index is 13.4. The third-order valence-corrected chi connectivity index (χ3v) is 5.57. The number of benzene rings is 3. The number of hydrogen-bond acceptors (Lipinski definition) is 2. The molecule has 0 aliphatic rings. The van der Waals surface area contributed by atoms with Crippen molar-refractivity contribution < 1.29 is 4.79 Å². The van der Waals surface area contributed by atoms with Gasteiger partial charge < -0.3 is 9.72 Å². The largest absolute Gasteiger partial charge is 0.325 e. The second-order valence-electron chi connectivity index (χ2n) is 7.92. The van der Waals surface area contributed by atoms with E-state index in [2.05, 4.69) is 24.4 Å². The smallest absolute Gasteiger partial charge is 0.236 e. The molecule has 0 aliphatic carbocycles. The highest BCUT2D eigenvalue weighted by Gasteiger charge is 2.22. The number of aromatic nitrogens is 2. The first-order chi connectivity index (χ1) is 15.7. The van der Waals surface area contributed by atoms with Crippen LogP contribution in [0.15, 0.2) is 109 Å². The molecule has 32 heavy (non-hydrogen) atoms. The minimum Gasteiger partial charge on any atom is -0.325 e. The van der Waals surface area contributed by atoms with Crippen LogP contribution in [-0.4, -0.2) is 15.3 Å². The van der Waals surface area contributed by atoms with E-state index in [4.69, 9.17) is 4.98 Å². The summed E-state index contributed by atoms with van der Waals surface area (Å²) in [6, 6.07) is 31.7. The average Bonchev–Trinajstić information content (AvgIpc) is 3.24. The molecule has 1 amide bonds. The van der Waals surface area contributed by atoms with Crippen molar-refractivity contribution in [3.8, 4) is 11.3 Å². The van der Waals surface area contributed by atoms with Crippen LogP contribution in [0, 0.1) is 6.92 Å². The Morgan fingerprint density at radius 1 is 0.844 bits per heavy atom. The third-order valence-electron chi connectivity index (χ3n) is 5.57. The van der Waals surface area contributed by atoms with E-state index in [0.717, 1.165) is 33.7 Å². The summed E-state index contributed by atoms with van der Waals surface area (Å²) >= 11 is 0. The van der Waals surface area contributed by atoms with Gasteiger partial charge >= 0.3 is 0 Å². The fourth-order valence-electron chi connectivity index (χ4n) is 3.98. The second kappa shape index (κ2) is 8.52. The lowest BCUT2D eigenvalue weighted by atomic mass is 9.90. The van der Waals surface area contributed by atoms with Crippen LogP contribution in [0.25, 0.3) is 16.9 Å². The number of hydrogen-bond donors (Lipinski definition) is 1. The van der Waals surface area contributed by atoms with Gasteiger partial charge in [0.2, 0.25) is 5.91 Å². The monoisotopic (exact) mass is 417 g/mol. The molecule has 0 saturated heterocycles. The highest BCUT2D eigenvalue weighted by Crippen LogP contribution is 2.28. The molecule has 0 atom stereocenters. The van der Waals surface area contributed by atoms with Crippen molar-refractivity contribution >= 4 is 17.2 Å². The van der Waals surface area contributed by atoms with Crippen molar-refractivity contribution in [2.75, 3.05) is 5.32 Å². The van der Waals surface area contributed by atoms with E-state index < -0.39 is 0 Å². The van der Waals surface area contributed by atoms with Crippen LogP contribution in [-0.2, 0) is 4.79 Å². The van der Waals surface area contributed by atoms with Crippen molar-refractivity contribution in [3.63, 3.8) is 0 Å². The van der Waals surface area contributed by atoms with Gasteiger partial charge in [0.25, 0.3) is 0 Å². The van der Waals surface area contributed by atoms with E-state index in [1.165, 1.54) is 5.56 Å². The van der Waals surface area contributed by atoms with Gasteiger partial charge in [-0.05, 0) is 47.9 Å². The van der Waals surface area contributed by atoms with E-state index in [9.17, 15) is 4.79 Å². The van der Waals surface area contributed by atoms with Gasteiger partial charge in [-0.15, -0.1) is 0 Å². The maximum absolute atomic E-state index is 13.4. The number of nitrogens with one attached hydrogen (secondary N) is 1. The Bertz CT molecular complexity index is 1330. The lowest BCUT2D eigenvalue weighted by Crippen LogP contribution is -2.22. The number of amides is 1. The Kier molecular flexibility index (Phi) is 5.26. The molecule has 2 aromatic heterocycles. The summed E-state index contributed by atoms with van der Waals surface area (Å²) in [6.07, 6.45) is 4.02. The lowest BCUT2D eigenvalue weighted by Gasteiger charge is -2.18. The Morgan fingerprint density at radius 2 is 1.53 bits per heavy atom. The summed E-state index contributed by atoms with van der Waals surface area (Å²) < 4.78 is 2.01. The molecule has 156 valence electrons. The molecule has 5 aromatic rings. The molecule has 0 spiro atoms. The van der Waals surface area contributed by atoms with Gasteiger partial charge in [0, 0.05) is 23.6 Å². The van der Waals surface area contributed by atoms with Gasteiger partial charge in [0.15, 0.2) is 0 Å². The highest BCUT2D eigenvalue weighted by molar-refractivity contribution is 5.98. The first-order valence-corrected chi connectivity index (χ1v) is 10.6. The summed E-state index contributed by atoms with van der Waals surface area (Å²) in [5.74, 6) is -0.454. The van der Waals surface area contributed by atoms with Gasteiger partial charge in [0.05, 0.1) is 11.6 Å². The predicted octanol–water partition coefficient (Wildman–Crippen LogP) is 6.08. The van der Waals surface area contributed by atoms with Crippen molar-refractivity contribution in [3.05, 3.63) is 126 Å². The zero-order valence-electron chi connectivity index (χ0n) is 17.8. The molecule has 5 rings (SSSR count). The maximum Gasteiger partial charge on any atom is 0.236 e. The van der Waals surface area contributed by atoms with Crippen molar-refractivity contribution in [2.24, 2.45) is 0 Å². The number of pyridine rings is 1. The zero-order chi connectivity index (χ0) is 21.9. The minimum absolute atomic E-state index is 0.0647. The quantitative estimate of drug-likeness (QED) is 0.377. The first kappa shape index (κ1) is 19.8. The zero-order valence-corrected chi connectivity index (χ0v) is 17.8. The lowest BCUT2D eigenvalue weighted by molar-refractivity contribution is -0.116. The Labute approximate surface area is 187 Å². The van der Waals surface area contributed by atoms with Crippen LogP contribution < -0.4 is 5.32 Å². The van der Waals surface area contributed by atoms with E-state index in [-0.39, 0.29) is 11.8 Å². The molecule has 0 aliphatic heterocycles. The minimum atomic E-state index is -0.390. The molecule has 1 N–H and O–H groups in total. The number of aryl methyl sites for hydroxylation is 1. The van der Waals surface area contributed by atoms with Gasteiger partial charge in [0.1, 0.15) is 5.65 Å². The van der Waals surface area contributed by atoms with Gasteiger partial charge in [-0.25, -0.2) is 4.98 Å². The van der Waals surface area contributed by atoms with Crippen LogP contribution in [0.2, 0.25) is 0 Å². The number of rotatable bonds is 5. The number of fused-ring (bicyclic) bond motifs is 1. The van der Waals surface area contributed by atoms with Gasteiger partial charge in [-0.1, -0.05) is 72.8 Å². The molecule has 0 saturated carbocycles. The number of anilines is 1. The number of nitrogens with zero attached hydrogens (tertiary/aromatic N) is 2. The molecule has 0 bridgehead atoms. The van der Waals surface area contributed by atoms with Crippen LogP contribution in [0.1, 0.15) is 22.6 Å². The van der Waals surface area contributed by atoms with Crippen LogP contribution in [0.5, 0.6) is 0 Å². The van der Waals surface area contributed by atoms with Crippen LogP contribution in [0.3, 0.4) is 0 Å². The summed E-state index contributed by atoms with van der Waals surface area (Å²) in [7, 11) is 0. The van der Waals surface area contributed by atoms with Crippen LogP contribution >= 0.6 is 0 Å². The standard InChI is InChI=1S/C28H23N3O/c1-20-15-16-31-19-25(30-26(31)17-20)23-13-8-14-24(18-23)29-28(32)27(21-9-4-2-5-10-21)22-11-6-3-7-12-22/h2-19,27H,1H3,(H,29,32). The molecule has 3 aromatic carbocycles. The first-order valence-electron chi connectivity index (χ1n) is 10.6. The average molecular weight is 418 g/mol. The molecular formula is C28H23N3O. The normalized spacial score (nSPS) is 11.1. The molecule has 2 heterocycles. The molecule has 0 fully saturated rings. The predicted molar refractivity (Wildman–Crippen MR) is 129 cm³/mol. The molecule has 4 nitrogen and oxygen atoms in total. The number of carbonyl (C=O) groups excluding carboxylic acids is 1. The van der Waals surface area contributed by atoms with Crippen molar-refractivity contribution in [2.45, 2.75) is 12.8 Å². The Morgan fingerprint density at radius 3 is 2.22 bits per heavy atom. The molecule has 0 radical (unpaired) electrons. The van der Waals surface area contributed by atoms with Crippen molar-refractivity contribution in [1.29, 1.82) is 0 Å². The molecule has 4 heteroatoms. The summed E-state index contributed by atoms with van der Waals surface area (Å²) in [4.78, 5) is 18.2. The molecule has 0 unspecified atom stereocenters. The van der Waals surface area contributed by atoms with Gasteiger partial charge in [-0.3, -0.25) is 4.79 Å². The van der Waals surface area contributed by atoms with E-state index >= 15 is 0 Å². The topological polar surface area (TPSA) is 46.4 Å². The van der Waals surface area contributed by atoms with E-state index in [1.54, 1.807) is 0 Å². The number of imidazole rings is 1. The number of carbonyl (C=O) groups is 1. The fourth-order valence-corrected chi connectivity index (χ4v) is 3.98. The van der Waals surface area contributed by atoms with Crippen molar-refractivity contribution in [1.82, 2.24) is 9.38 Å². The summed E-state index contributed by atoms with van der Waals surface area (Å²) in [5, 5.41) is 3.12. The highest BCUT2D eigenvalue weighted by atomic mass is 16.1. The summed E-state index contributed by atoms with van der Waals surface area (Å²) in [6.45, 7) is 2.06. The SMILES string of the molecule is Cc1ccn2cc(-c3cccc(NC(=O)C(c4ccccc4)c4ccccc4)c3)nc2c1. The summed E-state index contributed by atoms with van der Waals surface area (Å²) in [5.41, 5.74) is 6.57. The third kappa shape index (κ3) is 4.03. The second-order valence-corrected chi connectivity index (χ2v) is 7.92. The van der Waals surface area contributed by atoms with Gasteiger partial charge in [-0.2, -0.15) is 0 Å². The Hall–Kier alpha value is -4.18. The van der Waals surface area contributed by atoms with E-state index in [0.29, 0.717) is 0 Å². The van der Waals surface area contributed by atoms with Crippen LogP contribution in [0.4, 0.5) is 5.69 Å². The molecular weight excluding hydrogens is 394 g/mol.